The highest BCUT2D eigenvalue weighted by molar-refractivity contribution is 7.89. The second-order valence-electron chi connectivity index (χ2n) is 3.31. The minimum Gasteiger partial charge on any atom is -0.248 e. The van der Waals surface area contributed by atoms with Gasteiger partial charge in [0.2, 0.25) is 10.0 Å². The molecule has 0 saturated heterocycles. The van der Waals surface area contributed by atoms with Crippen molar-refractivity contribution in [2.24, 2.45) is 0 Å². The van der Waals surface area contributed by atoms with Crippen LogP contribution < -0.4 is 0 Å². The number of nitriles is 1. The molecule has 1 aromatic heterocycles. The number of thiazole rings is 1. The van der Waals surface area contributed by atoms with Crippen molar-refractivity contribution in [2.45, 2.75) is 25.1 Å². The molecule has 0 radical (unpaired) electrons. The van der Waals surface area contributed by atoms with Gasteiger partial charge in [0.1, 0.15) is 0 Å². The van der Waals surface area contributed by atoms with Gasteiger partial charge in [-0.3, -0.25) is 0 Å². The SMILES string of the molecule is CCC(C#N)S(=O)(=O)N(C)Cc1cscn1. The van der Waals surface area contributed by atoms with Crippen molar-refractivity contribution in [2.75, 3.05) is 7.05 Å². The van der Waals surface area contributed by atoms with Gasteiger partial charge in [0.15, 0.2) is 5.25 Å². The van der Waals surface area contributed by atoms with E-state index in [1.807, 2.05) is 0 Å². The normalized spacial score (nSPS) is 13.6. The van der Waals surface area contributed by atoms with E-state index >= 15 is 0 Å². The van der Waals surface area contributed by atoms with E-state index in [0.717, 1.165) is 0 Å². The average Bonchev–Trinajstić information content (AvgIpc) is 2.71. The maximum absolute atomic E-state index is 11.9. The fourth-order valence-corrected chi connectivity index (χ4v) is 3.07. The van der Waals surface area contributed by atoms with Gasteiger partial charge in [0.25, 0.3) is 0 Å². The van der Waals surface area contributed by atoms with Crippen molar-refractivity contribution < 1.29 is 8.42 Å². The predicted molar refractivity (Wildman–Crippen MR) is 62.2 cm³/mol. The number of nitrogens with zero attached hydrogens (tertiary/aromatic N) is 3. The Hall–Kier alpha value is -0.970. The van der Waals surface area contributed by atoms with Crippen LogP contribution >= 0.6 is 11.3 Å². The van der Waals surface area contributed by atoms with Crippen molar-refractivity contribution in [3.05, 3.63) is 16.6 Å². The number of rotatable bonds is 5. The molecule has 1 atom stereocenters. The fraction of sp³-hybridized carbons (Fsp3) is 0.556. The monoisotopic (exact) mass is 259 g/mol. The third-order valence-corrected chi connectivity index (χ3v) is 4.97. The van der Waals surface area contributed by atoms with Crippen LogP contribution in [0.4, 0.5) is 0 Å². The second-order valence-corrected chi connectivity index (χ2v) is 6.25. The summed E-state index contributed by atoms with van der Waals surface area (Å²) in [5.74, 6) is 0. The summed E-state index contributed by atoms with van der Waals surface area (Å²) in [5.41, 5.74) is 2.35. The lowest BCUT2D eigenvalue weighted by atomic mass is 10.4. The summed E-state index contributed by atoms with van der Waals surface area (Å²) < 4.78 is 25.0. The predicted octanol–water partition coefficient (Wildman–Crippen LogP) is 1.21. The molecular formula is C9H13N3O2S2. The van der Waals surface area contributed by atoms with Crippen molar-refractivity contribution in [3.63, 3.8) is 0 Å². The van der Waals surface area contributed by atoms with Gasteiger partial charge in [-0.1, -0.05) is 6.92 Å². The van der Waals surface area contributed by atoms with Crippen LogP contribution in [0.3, 0.4) is 0 Å². The third-order valence-electron chi connectivity index (χ3n) is 2.18. The highest BCUT2D eigenvalue weighted by Gasteiger charge is 2.28. The average molecular weight is 259 g/mol. The van der Waals surface area contributed by atoms with E-state index in [0.29, 0.717) is 12.1 Å². The van der Waals surface area contributed by atoms with Crippen molar-refractivity contribution >= 4 is 21.4 Å². The van der Waals surface area contributed by atoms with Crippen LogP contribution in [0.5, 0.6) is 0 Å². The zero-order valence-electron chi connectivity index (χ0n) is 9.12. The standard InChI is InChI=1S/C9H13N3O2S2/c1-3-9(4-10)16(13,14)12(2)5-8-6-15-7-11-8/h6-7,9H,3,5H2,1-2H3. The Morgan fingerprint density at radius 3 is 2.81 bits per heavy atom. The van der Waals surface area contributed by atoms with E-state index in [-0.39, 0.29) is 6.54 Å². The topological polar surface area (TPSA) is 74.1 Å². The van der Waals surface area contributed by atoms with Crippen LogP contribution in [0.1, 0.15) is 19.0 Å². The Morgan fingerprint density at radius 2 is 2.38 bits per heavy atom. The van der Waals surface area contributed by atoms with Crippen LogP contribution in [-0.2, 0) is 16.6 Å². The molecule has 0 N–H and O–H groups in total. The summed E-state index contributed by atoms with van der Waals surface area (Å²) in [6, 6.07) is 1.81. The Labute approximate surface area is 99.4 Å². The number of sulfonamides is 1. The zero-order chi connectivity index (χ0) is 12.2. The van der Waals surface area contributed by atoms with Gasteiger partial charge < -0.3 is 0 Å². The number of hydrogen-bond donors (Lipinski definition) is 0. The summed E-state index contributed by atoms with van der Waals surface area (Å²) in [7, 11) is -2.07. The molecule has 0 saturated carbocycles. The van der Waals surface area contributed by atoms with E-state index in [1.165, 1.54) is 22.7 Å². The van der Waals surface area contributed by atoms with Crippen LogP contribution in [0.15, 0.2) is 10.9 Å². The van der Waals surface area contributed by atoms with Crippen molar-refractivity contribution in [1.82, 2.24) is 9.29 Å². The maximum Gasteiger partial charge on any atom is 0.230 e. The van der Waals surface area contributed by atoms with Crippen LogP contribution in [0.2, 0.25) is 0 Å². The molecule has 16 heavy (non-hydrogen) atoms. The lowest BCUT2D eigenvalue weighted by Gasteiger charge is -2.18. The Bertz CT molecular complexity index is 461. The first-order chi connectivity index (χ1) is 7.52. The molecule has 1 heterocycles. The Morgan fingerprint density at radius 1 is 1.69 bits per heavy atom. The van der Waals surface area contributed by atoms with Gasteiger partial charge in [0, 0.05) is 12.4 Å². The molecule has 0 amide bonds. The van der Waals surface area contributed by atoms with Gasteiger partial charge in [-0.2, -0.15) is 9.57 Å². The van der Waals surface area contributed by atoms with Gasteiger partial charge in [-0.25, -0.2) is 13.4 Å². The van der Waals surface area contributed by atoms with Crippen molar-refractivity contribution in [1.29, 1.82) is 5.26 Å². The summed E-state index contributed by atoms with van der Waals surface area (Å²) >= 11 is 1.41. The lowest BCUT2D eigenvalue weighted by molar-refractivity contribution is 0.456. The molecule has 0 aromatic carbocycles. The summed E-state index contributed by atoms with van der Waals surface area (Å²) in [5, 5.41) is 9.58. The first kappa shape index (κ1) is 13.1. The highest BCUT2D eigenvalue weighted by atomic mass is 32.2. The van der Waals surface area contributed by atoms with E-state index in [1.54, 1.807) is 23.9 Å². The minimum atomic E-state index is -3.54. The first-order valence-corrected chi connectivity index (χ1v) is 7.18. The molecule has 5 nitrogen and oxygen atoms in total. The lowest BCUT2D eigenvalue weighted by Crippen LogP contribution is -2.34. The molecular weight excluding hydrogens is 246 g/mol. The second kappa shape index (κ2) is 5.39. The molecule has 0 aliphatic heterocycles. The molecule has 1 rings (SSSR count). The van der Waals surface area contributed by atoms with Gasteiger partial charge >= 0.3 is 0 Å². The van der Waals surface area contributed by atoms with Gasteiger partial charge in [0.05, 0.1) is 23.8 Å². The fourth-order valence-electron chi connectivity index (χ4n) is 1.22. The summed E-state index contributed by atoms with van der Waals surface area (Å²) in [4.78, 5) is 4.01. The van der Waals surface area contributed by atoms with E-state index < -0.39 is 15.3 Å². The van der Waals surface area contributed by atoms with Crippen LogP contribution in [-0.4, -0.2) is 30.0 Å². The molecule has 88 valence electrons. The van der Waals surface area contributed by atoms with E-state index in [2.05, 4.69) is 4.98 Å². The quantitative estimate of drug-likeness (QED) is 0.796. The maximum atomic E-state index is 11.9. The Balaban J connectivity index is 2.81. The van der Waals surface area contributed by atoms with Crippen LogP contribution in [0.25, 0.3) is 0 Å². The van der Waals surface area contributed by atoms with E-state index in [4.69, 9.17) is 5.26 Å². The smallest absolute Gasteiger partial charge is 0.230 e. The highest BCUT2D eigenvalue weighted by Crippen LogP contribution is 2.13. The first-order valence-electron chi connectivity index (χ1n) is 4.74. The third kappa shape index (κ3) is 2.78. The zero-order valence-corrected chi connectivity index (χ0v) is 10.8. The summed E-state index contributed by atoms with van der Waals surface area (Å²) in [6.45, 7) is 1.89. The molecule has 0 spiro atoms. The van der Waals surface area contributed by atoms with Gasteiger partial charge in [-0.15, -0.1) is 11.3 Å². The molecule has 1 unspecified atom stereocenters. The van der Waals surface area contributed by atoms with E-state index in [9.17, 15) is 8.42 Å². The Kier molecular flexibility index (Phi) is 4.41. The molecule has 0 bridgehead atoms. The molecule has 7 heteroatoms. The molecule has 1 aromatic rings. The van der Waals surface area contributed by atoms with Gasteiger partial charge in [-0.05, 0) is 6.42 Å². The largest absolute Gasteiger partial charge is 0.248 e. The molecule has 0 aliphatic rings. The van der Waals surface area contributed by atoms with Crippen molar-refractivity contribution in [3.8, 4) is 6.07 Å². The number of aromatic nitrogens is 1. The number of hydrogen-bond acceptors (Lipinski definition) is 5. The summed E-state index contributed by atoms with van der Waals surface area (Å²) in [6.07, 6.45) is 0.292. The van der Waals surface area contributed by atoms with Crippen LogP contribution in [0, 0.1) is 11.3 Å². The minimum absolute atomic E-state index is 0.212. The molecule has 0 fully saturated rings. The molecule has 0 aliphatic carbocycles.